The Labute approximate surface area is 127 Å². The monoisotopic (exact) mass is 293 g/mol. The molecule has 21 heavy (non-hydrogen) atoms. The van der Waals surface area contributed by atoms with E-state index in [4.69, 9.17) is 14.2 Å². The lowest BCUT2D eigenvalue weighted by Crippen LogP contribution is -2.36. The highest BCUT2D eigenvalue weighted by atomic mass is 16.5. The van der Waals surface area contributed by atoms with E-state index in [2.05, 4.69) is 17.4 Å². The molecular weight excluding hydrogens is 266 g/mol. The van der Waals surface area contributed by atoms with Crippen LogP contribution in [-0.4, -0.2) is 39.6 Å². The molecule has 118 valence electrons. The van der Waals surface area contributed by atoms with Gasteiger partial charge in [0.05, 0.1) is 38.6 Å². The fraction of sp³-hybridized carbons (Fsp3) is 0.647. The van der Waals surface area contributed by atoms with Gasteiger partial charge in [0, 0.05) is 0 Å². The number of rotatable bonds is 7. The fourth-order valence-corrected chi connectivity index (χ4v) is 2.89. The Morgan fingerprint density at radius 1 is 1.29 bits per heavy atom. The quantitative estimate of drug-likeness (QED) is 0.785. The number of ether oxygens (including phenoxy) is 3. The highest BCUT2D eigenvalue weighted by Crippen LogP contribution is 2.34. The first kappa shape index (κ1) is 16.3. The zero-order valence-corrected chi connectivity index (χ0v) is 13.5. The van der Waals surface area contributed by atoms with Crippen LogP contribution in [-0.2, 0) is 15.9 Å². The fourth-order valence-electron chi connectivity index (χ4n) is 2.89. The minimum Gasteiger partial charge on any atom is -0.497 e. The molecule has 0 fully saturated rings. The van der Waals surface area contributed by atoms with Crippen LogP contribution in [0, 0.1) is 0 Å². The maximum Gasteiger partial charge on any atom is 0.119 e. The van der Waals surface area contributed by atoms with Crippen LogP contribution in [0.2, 0.25) is 0 Å². The third kappa shape index (κ3) is 4.19. The summed E-state index contributed by atoms with van der Waals surface area (Å²) in [5.74, 6) is 0.901. The van der Waals surface area contributed by atoms with E-state index >= 15 is 0 Å². The maximum atomic E-state index is 6.04. The van der Waals surface area contributed by atoms with Gasteiger partial charge in [-0.25, -0.2) is 0 Å². The lowest BCUT2D eigenvalue weighted by molar-refractivity contribution is -0.0302. The lowest BCUT2D eigenvalue weighted by Gasteiger charge is -2.33. The van der Waals surface area contributed by atoms with E-state index in [-0.39, 0.29) is 18.2 Å². The summed E-state index contributed by atoms with van der Waals surface area (Å²) in [5, 5.41) is 3.39. The summed E-state index contributed by atoms with van der Waals surface area (Å²) in [7, 11) is 3.69. The smallest absolute Gasteiger partial charge is 0.119 e. The molecule has 4 nitrogen and oxygen atoms in total. The Hall–Kier alpha value is -1.10. The van der Waals surface area contributed by atoms with Crippen LogP contribution < -0.4 is 10.1 Å². The largest absolute Gasteiger partial charge is 0.497 e. The number of aryl methyl sites for hydroxylation is 1. The highest BCUT2D eigenvalue weighted by Gasteiger charge is 2.29. The molecule has 0 saturated carbocycles. The summed E-state index contributed by atoms with van der Waals surface area (Å²) in [6, 6.07) is 6.53. The lowest BCUT2D eigenvalue weighted by atomic mass is 9.85. The number of nitrogens with one attached hydrogen (secondary N) is 1. The van der Waals surface area contributed by atoms with Crippen molar-refractivity contribution in [3.8, 4) is 5.75 Å². The molecule has 1 aromatic rings. The molecule has 0 spiro atoms. The third-order valence-electron chi connectivity index (χ3n) is 3.94. The van der Waals surface area contributed by atoms with Gasteiger partial charge in [0.1, 0.15) is 5.75 Å². The van der Waals surface area contributed by atoms with E-state index in [1.807, 2.05) is 27.0 Å². The normalized spacial score (nSPS) is 21.4. The van der Waals surface area contributed by atoms with E-state index < -0.39 is 0 Å². The van der Waals surface area contributed by atoms with Crippen molar-refractivity contribution in [1.82, 2.24) is 5.32 Å². The second-order valence-corrected chi connectivity index (χ2v) is 5.70. The van der Waals surface area contributed by atoms with Gasteiger partial charge in [-0.3, -0.25) is 0 Å². The summed E-state index contributed by atoms with van der Waals surface area (Å²) >= 11 is 0. The summed E-state index contributed by atoms with van der Waals surface area (Å²) < 4.78 is 16.9. The molecule has 1 aliphatic carbocycles. The van der Waals surface area contributed by atoms with Crippen molar-refractivity contribution in [3.63, 3.8) is 0 Å². The molecule has 2 unspecified atom stereocenters. The van der Waals surface area contributed by atoms with E-state index in [1.165, 1.54) is 11.1 Å². The summed E-state index contributed by atoms with van der Waals surface area (Å²) in [6.07, 6.45) is 2.52. The van der Waals surface area contributed by atoms with Gasteiger partial charge in [-0.2, -0.15) is 0 Å². The minimum atomic E-state index is 0.186. The molecule has 2 atom stereocenters. The molecule has 0 saturated heterocycles. The van der Waals surface area contributed by atoms with Crippen LogP contribution in [0.1, 0.15) is 37.4 Å². The third-order valence-corrected chi connectivity index (χ3v) is 3.94. The first-order valence-electron chi connectivity index (χ1n) is 7.73. The zero-order valence-electron chi connectivity index (χ0n) is 13.5. The minimum absolute atomic E-state index is 0.186. The number of benzene rings is 1. The van der Waals surface area contributed by atoms with E-state index in [1.54, 1.807) is 7.11 Å². The van der Waals surface area contributed by atoms with Crippen molar-refractivity contribution in [1.29, 1.82) is 0 Å². The molecule has 1 aliphatic rings. The van der Waals surface area contributed by atoms with Crippen molar-refractivity contribution in [3.05, 3.63) is 29.3 Å². The summed E-state index contributed by atoms with van der Waals surface area (Å²) in [5.41, 5.74) is 2.67. The molecule has 1 aromatic carbocycles. The number of methoxy groups -OCH3 is 1. The van der Waals surface area contributed by atoms with Gasteiger partial charge in [0.25, 0.3) is 0 Å². The molecule has 0 aliphatic heterocycles. The van der Waals surface area contributed by atoms with E-state index in [0.717, 1.165) is 18.6 Å². The average molecular weight is 293 g/mol. The van der Waals surface area contributed by atoms with Crippen molar-refractivity contribution in [2.75, 3.05) is 27.4 Å². The molecule has 2 rings (SSSR count). The van der Waals surface area contributed by atoms with Gasteiger partial charge in [-0.05, 0) is 57.0 Å². The van der Waals surface area contributed by atoms with Crippen LogP contribution >= 0.6 is 0 Å². The Morgan fingerprint density at radius 3 is 2.76 bits per heavy atom. The van der Waals surface area contributed by atoms with Gasteiger partial charge in [-0.1, -0.05) is 6.07 Å². The molecule has 4 heteroatoms. The molecule has 0 aromatic heterocycles. The van der Waals surface area contributed by atoms with Crippen molar-refractivity contribution in [2.45, 2.75) is 44.9 Å². The second-order valence-electron chi connectivity index (χ2n) is 5.70. The number of fused-ring (bicyclic) bond motifs is 1. The van der Waals surface area contributed by atoms with Gasteiger partial charge < -0.3 is 19.5 Å². The number of likely N-dealkylation sites (N-methyl/N-ethyl adjacent to an activating group) is 1. The second kappa shape index (κ2) is 7.78. The standard InChI is InChI=1S/C17H27NO3/c1-12(2)20-9-10-21-16-8-6-13-5-7-14(19-4)11-15(13)17(16)18-3/h5,7,11-12,16-18H,6,8-10H2,1-4H3. The topological polar surface area (TPSA) is 39.7 Å². The molecular formula is C17H27NO3. The Kier molecular flexibility index (Phi) is 6.03. The van der Waals surface area contributed by atoms with Crippen LogP contribution in [0.15, 0.2) is 18.2 Å². The van der Waals surface area contributed by atoms with Crippen molar-refractivity contribution >= 4 is 0 Å². The Balaban J connectivity index is 2.01. The molecule has 0 radical (unpaired) electrons. The summed E-state index contributed by atoms with van der Waals surface area (Å²) in [6.45, 7) is 5.37. The zero-order chi connectivity index (χ0) is 15.2. The van der Waals surface area contributed by atoms with E-state index in [9.17, 15) is 0 Å². The summed E-state index contributed by atoms with van der Waals surface area (Å²) in [4.78, 5) is 0. The SMILES string of the molecule is CNC1c2cc(OC)ccc2CCC1OCCOC(C)C. The number of hydrogen-bond donors (Lipinski definition) is 1. The first-order valence-corrected chi connectivity index (χ1v) is 7.73. The molecule has 0 bridgehead atoms. The predicted molar refractivity (Wildman–Crippen MR) is 83.9 cm³/mol. The highest BCUT2D eigenvalue weighted by molar-refractivity contribution is 5.40. The van der Waals surface area contributed by atoms with Crippen LogP contribution in [0.25, 0.3) is 0 Å². The van der Waals surface area contributed by atoms with Gasteiger partial charge in [0.15, 0.2) is 0 Å². The average Bonchev–Trinajstić information content (AvgIpc) is 2.50. The van der Waals surface area contributed by atoms with Gasteiger partial charge in [-0.15, -0.1) is 0 Å². The van der Waals surface area contributed by atoms with Gasteiger partial charge in [0.2, 0.25) is 0 Å². The van der Waals surface area contributed by atoms with Gasteiger partial charge >= 0.3 is 0 Å². The predicted octanol–water partition coefficient (Wildman–Crippen LogP) is 2.71. The van der Waals surface area contributed by atoms with Crippen LogP contribution in [0.3, 0.4) is 0 Å². The van der Waals surface area contributed by atoms with Crippen molar-refractivity contribution in [2.24, 2.45) is 0 Å². The van der Waals surface area contributed by atoms with Crippen molar-refractivity contribution < 1.29 is 14.2 Å². The van der Waals surface area contributed by atoms with E-state index in [0.29, 0.717) is 13.2 Å². The van der Waals surface area contributed by atoms with Crippen LogP contribution in [0.4, 0.5) is 0 Å². The van der Waals surface area contributed by atoms with Crippen LogP contribution in [0.5, 0.6) is 5.75 Å². The Bertz CT molecular complexity index is 448. The maximum absolute atomic E-state index is 6.04. The molecule has 0 heterocycles. The molecule has 0 amide bonds. The Morgan fingerprint density at radius 2 is 2.10 bits per heavy atom. The molecule has 1 N–H and O–H groups in total. The first-order chi connectivity index (χ1) is 10.2. The number of hydrogen-bond acceptors (Lipinski definition) is 4.